The van der Waals surface area contributed by atoms with Gasteiger partial charge in [0.15, 0.2) is 0 Å². The molecule has 0 aliphatic rings. The minimum Gasteiger partial charge on any atom is -0.282 e. The summed E-state index contributed by atoms with van der Waals surface area (Å²) < 4.78 is 64.7. The second-order valence-corrected chi connectivity index (χ2v) is 9.81. The molecule has 0 aliphatic carbocycles. The molecule has 0 atom stereocenters. The van der Waals surface area contributed by atoms with Crippen LogP contribution in [0.1, 0.15) is 0 Å². The highest BCUT2D eigenvalue weighted by Gasteiger charge is 2.22. The minimum absolute atomic E-state index is 0.0669. The van der Waals surface area contributed by atoms with Gasteiger partial charge in [-0.05, 0) is 18.2 Å². The van der Waals surface area contributed by atoms with E-state index in [-0.39, 0.29) is 16.4 Å². The van der Waals surface area contributed by atoms with Crippen LogP contribution in [0.25, 0.3) is 16.9 Å². The monoisotopic (exact) mass is 473 g/mol. The van der Waals surface area contributed by atoms with E-state index in [0.717, 1.165) is 17.0 Å². The van der Waals surface area contributed by atoms with Crippen LogP contribution in [-0.4, -0.2) is 42.7 Å². The summed E-state index contributed by atoms with van der Waals surface area (Å²) in [5.74, 6) is -0.0669. The van der Waals surface area contributed by atoms with Crippen LogP contribution in [0.4, 0.5) is 5.82 Å². The second-order valence-electron chi connectivity index (χ2n) is 5.90. The standard InChI is InChI=1S/C16H15N3O8S3/c1-29(21,22)18-16-10-13(11-5-3-2-4-6-11)17-19(16)14-9-12(28-27-26-20)7-8-15(14)30(23,24)25/h2-10,18,20H,1H3,(H,23,24,25). The molecule has 1 aromatic heterocycles. The first-order chi connectivity index (χ1) is 14.1. The fourth-order valence-corrected chi connectivity index (χ4v) is 4.13. The van der Waals surface area contributed by atoms with Crippen LogP contribution < -0.4 is 4.72 Å². The molecule has 0 unspecified atom stereocenters. The van der Waals surface area contributed by atoms with Gasteiger partial charge in [-0.2, -0.15) is 13.5 Å². The Kier molecular flexibility index (Phi) is 6.47. The smallest absolute Gasteiger partial charge is 0.282 e. The first kappa shape index (κ1) is 22.2. The van der Waals surface area contributed by atoms with Crippen LogP contribution in [0, 0.1) is 0 Å². The van der Waals surface area contributed by atoms with Gasteiger partial charge in [0, 0.05) is 16.5 Å². The van der Waals surface area contributed by atoms with Crippen LogP contribution in [0.2, 0.25) is 0 Å². The van der Waals surface area contributed by atoms with Crippen molar-refractivity contribution in [1.29, 1.82) is 0 Å². The Bertz CT molecular complexity index is 1260. The van der Waals surface area contributed by atoms with Gasteiger partial charge in [-0.3, -0.25) is 9.27 Å². The molecule has 2 aromatic carbocycles. The number of rotatable bonds is 8. The Morgan fingerprint density at radius 3 is 2.37 bits per heavy atom. The largest absolute Gasteiger partial charge is 0.296 e. The number of hydrogen-bond donors (Lipinski definition) is 3. The Morgan fingerprint density at radius 2 is 1.77 bits per heavy atom. The van der Waals surface area contributed by atoms with Crippen LogP contribution in [0.15, 0.2) is 64.4 Å². The van der Waals surface area contributed by atoms with Gasteiger partial charge >= 0.3 is 0 Å². The summed E-state index contributed by atoms with van der Waals surface area (Å²) in [7, 11) is -8.46. The average Bonchev–Trinajstić information content (AvgIpc) is 3.08. The lowest BCUT2D eigenvalue weighted by Gasteiger charge is -2.12. The first-order valence-corrected chi connectivity index (χ1v) is 12.1. The summed E-state index contributed by atoms with van der Waals surface area (Å²) in [5, 5.41) is 16.2. The number of aromatic nitrogens is 2. The Morgan fingerprint density at radius 1 is 1.07 bits per heavy atom. The molecule has 1 heterocycles. The van der Waals surface area contributed by atoms with Gasteiger partial charge < -0.3 is 0 Å². The van der Waals surface area contributed by atoms with E-state index in [4.69, 9.17) is 5.26 Å². The van der Waals surface area contributed by atoms with Gasteiger partial charge in [0.05, 0.1) is 29.7 Å². The molecule has 160 valence electrons. The van der Waals surface area contributed by atoms with Crippen molar-refractivity contribution in [1.82, 2.24) is 9.78 Å². The topological polar surface area (TPSA) is 157 Å². The molecule has 3 N–H and O–H groups in total. The molecular formula is C16H15N3O8S3. The van der Waals surface area contributed by atoms with Gasteiger partial charge in [-0.15, -0.1) is 4.33 Å². The Balaban J connectivity index is 2.25. The zero-order chi connectivity index (χ0) is 21.9. The van der Waals surface area contributed by atoms with E-state index >= 15 is 0 Å². The molecule has 0 spiro atoms. The van der Waals surface area contributed by atoms with Crippen LogP contribution in [0.5, 0.6) is 0 Å². The highest BCUT2D eigenvalue weighted by Crippen LogP contribution is 2.31. The minimum atomic E-state index is -4.70. The van der Waals surface area contributed by atoms with Gasteiger partial charge in [-0.25, -0.2) is 18.4 Å². The molecule has 0 radical (unpaired) electrons. The zero-order valence-corrected chi connectivity index (χ0v) is 17.6. The molecule has 0 bridgehead atoms. The molecule has 3 aromatic rings. The predicted octanol–water partition coefficient (Wildman–Crippen LogP) is 2.59. The van der Waals surface area contributed by atoms with E-state index in [0.29, 0.717) is 23.3 Å². The molecule has 11 nitrogen and oxygen atoms in total. The normalized spacial score (nSPS) is 12.1. The van der Waals surface area contributed by atoms with Gasteiger partial charge in [0.1, 0.15) is 10.7 Å². The van der Waals surface area contributed by atoms with E-state index in [1.807, 2.05) is 0 Å². The fourth-order valence-electron chi connectivity index (χ4n) is 2.56. The summed E-state index contributed by atoms with van der Waals surface area (Å²) in [4.78, 5) is -0.274. The quantitative estimate of drug-likeness (QED) is 0.192. The molecular weight excluding hydrogens is 458 g/mol. The molecule has 0 saturated carbocycles. The number of nitrogens with one attached hydrogen (secondary N) is 1. The third-order valence-electron chi connectivity index (χ3n) is 3.67. The molecule has 0 aliphatic heterocycles. The predicted molar refractivity (Wildman–Crippen MR) is 108 cm³/mol. The lowest BCUT2D eigenvalue weighted by atomic mass is 10.2. The van der Waals surface area contributed by atoms with E-state index in [2.05, 4.69) is 19.2 Å². The van der Waals surface area contributed by atoms with E-state index in [1.165, 1.54) is 18.2 Å². The number of sulfonamides is 1. The number of anilines is 1. The first-order valence-electron chi connectivity index (χ1n) is 7.98. The van der Waals surface area contributed by atoms with Crippen molar-refractivity contribution in [3.05, 3.63) is 54.6 Å². The van der Waals surface area contributed by atoms with E-state index < -0.39 is 25.0 Å². The summed E-state index contributed by atoms with van der Waals surface area (Å²) >= 11 is 0.542. The second kappa shape index (κ2) is 8.73. The highest BCUT2D eigenvalue weighted by atomic mass is 32.2. The van der Waals surface area contributed by atoms with Crippen molar-refractivity contribution in [3.63, 3.8) is 0 Å². The number of hydrogen-bond acceptors (Lipinski definition) is 9. The van der Waals surface area contributed by atoms with Crippen molar-refractivity contribution in [3.8, 4) is 16.9 Å². The molecule has 0 saturated heterocycles. The SMILES string of the molecule is CS(=O)(=O)Nc1cc(-c2ccccc2)nn1-c1cc(SOOO)ccc1S(=O)(=O)O. The summed E-state index contributed by atoms with van der Waals surface area (Å²) in [6.45, 7) is 0. The van der Waals surface area contributed by atoms with E-state index in [1.54, 1.807) is 30.3 Å². The molecule has 14 heteroatoms. The van der Waals surface area contributed by atoms with Crippen LogP contribution in [0.3, 0.4) is 0 Å². The third kappa shape index (κ3) is 5.37. The molecule has 3 rings (SSSR count). The van der Waals surface area contributed by atoms with Crippen molar-refractivity contribution >= 4 is 38.0 Å². The lowest BCUT2D eigenvalue weighted by molar-refractivity contribution is -0.432. The van der Waals surface area contributed by atoms with Crippen LogP contribution >= 0.6 is 12.0 Å². The summed E-state index contributed by atoms with van der Waals surface area (Å²) in [5.41, 5.74) is 0.817. The van der Waals surface area contributed by atoms with Gasteiger partial charge in [0.25, 0.3) is 10.1 Å². The van der Waals surface area contributed by atoms with Gasteiger partial charge in [0.2, 0.25) is 10.0 Å². The Labute approximate surface area is 176 Å². The maximum absolute atomic E-state index is 11.9. The van der Waals surface area contributed by atoms with Crippen LogP contribution in [-0.2, 0) is 29.5 Å². The summed E-state index contributed by atoms with van der Waals surface area (Å²) in [6, 6.07) is 13.8. The third-order valence-corrected chi connectivity index (χ3v) is 5.72. The lowest BCUT2D eigenvalue weighted by Crippen LogP contribution is -2.15. The van der Waals surface area contributed by atoms with Crippen molar-refractivity contribution < 1.29 is 36.0 Å². The molecule has 0 fully saturated rings. The number of nitrogens with zero attached hydrogens (tertiary/aromatic N) is 2. The molecule has 30 heavy (non-hydrogen) atoms. The van der Waals surface area contributed by atoms with Crippen molar-refractivity contribution in [2.24, 2.45) is 0 Å². The zero-order valence-electron chi connectivity index (χ0n) is 15.2. The fraction of sp³-hybridized carbons (Fsp3) is 0.0625. The van der Waals surface area contributed by atoms with Gasteiger partial charge in [-0.1, -0.05) is 35.4 Å². The maximum atomic E-state index is 11.9. The van der Waals surface area contributed by atoms with Crippen molar-refractivity contribution in [2.45, 2.75) is 9.79 Å². The maximum Gasteiger partial charge on any atom is 0.296 e. The van der Waals surface area contributed by atoms with Crippen molar-refractivity contribution in [2.75, 3.05) is 11.0 Å². The molecule has 0 amide bonds. The summed E-state index contributed by atoms with van der Waals surface area (Å²) in [6.07, 6.45) is 0.926. The number of benzene rings is 2. The van der Waals surface area contributed by atoms with E-state index in [9.17, 15) is 21.4 Å². The highest BCUT2D eigenvalue weighted by molar-refractivity contribution is 7.94. The average molecular weight is 474 g/mol. The Hall–Kier alpha value is -2.46.